The summed E-state index contributed by atoms with van der Waals surface area (Å²) in [6, 6.07) is 0. The van der Waals surface area contributed by atoms with Gasteiger partial charge in [0.2, 0.25) is 0 Å². The second-order valence-electron chi connectivity index (χ2n) is 15.1. The van der Waals surface area contributed by atoms with E-state index in [1.54, 1.807) is 0 Å². The minimum absolute atomic E-state index is 0.155. The molecule has 0 radical (unpaired) electrons. The maximum atomic E-state index is 12.8. The maximum Gasteiger partial charge on any atom is 0.306 e. The molecule has 0 aromatic rings. The van der Waals surface area contributed by atoms with Gasteiger partial charge in [0.15, 0.2) is 12.4 Å². The van der Waals surface area contributed by atoms with Crippen molar-refractivity contribution in [2.75, 3.05) is 19.0 Å². The van der Waals surface area contributed by atoms with E-state index in [1.807, 2.05) is 6.08 Å². The molecule has 12 nitrogen and oxygen atoms in total. The van der Waals surface area contributed by atoms with Crippen LogP contribution in [0.5, 0.6) is 0 Å². The van der Waals surface area contributed by atoms with E-state index >= 15 is 0 Å². The molecular formula is C42H76O12S. The third kappa shape index (κ3) is 28.2. The van der Waals surface area contributed by atoms with Crippen LogP contribution in [0.3, 0.4) is 0 Å². The largest absolute Gasteiger partial charge is 0.462 e. The van der Waals surface area contributed by atoms with Crippen LogP contribution in [0.4, 0.5) is 0 Å². The number of esters is 2. The van der Waals surface area contributed by atoms with Crippen molar-refractivity contribution >= 4 is 22.1 Å². The molecule has 1 heterocycles. The molecule has 0 bridgehead atoms. The van der Waals surface area contributed by atoms with Crippen LogP contribution < -0.4 is 0 Å². The van der Waals surface area contributed by atoms with Crippen molar-refractivity contribution in [2.45, 2.75) is 211 Å². The van der Waals surface area contributed by atoms with Crippen molar-refractivity contribution in [3.63, 3.8) is 0 Å². The summed E-state index contributed by atoms with van der Waals surface area (Å²) in [7, 11) is -4.60. The van der Waals surface area contributed by atoms with Crippen LogP contribution in [0.15, 0.2) is 24.8 Å². The van der Waals surface area contributed by atoms with Gasteiger partial charge in [0.25, 0.3) is 10.1 Å². The molecule has 0 amide bonds. The van der Waals surface area contributed by atoms with E-state index in [2.05, 4.69) is 25.7 Å². The third-order valence-corrected chi connectivity index (χ3v) is 10.6. The second-order valence-corrected chi connectivity index (χ2v) is 16.6. The number of carbonyl (C=O) groups excluding carboxylic acids is 2. The molecule has 322 valence electrons. The molecular weight excluding hydrogens is 729 g/mol. The van der Waals surface area contributed by atoms with Gasteiger partial charge in [-0.1, -0.05) is 128 Å². The Balaban J connectivity index is 2.46. The Morgan fingerprint density at radius 3 is 1.64 bits per heavy atom. The molecule has 1 aliphatic heterocycles. The first-order valence-electron chi connectivity index (χ1n) is 21.4. The Hall–Kier alpha value is -1.87. The van der Waals surface area contributed by atoms with Gasteiger partial charge in [-0.25, -0.2) is 0 Å². The number of aliphatic hydroxyl groups excluding tert-OH is 3. The Bertz CT molecular complexity index is 1110. The number of allylic oxidation sites excluding steroid dienone is 3. The molecule has 55 heavy (non-hydrogen) atoms. The topological polar surface area (TPSA) is 186 Å². The molecule has 0 aromatic heterocycles. The molecule has 0 saturated carbocycles. The fraction of sp³-hybridized carbons (Fsp3) is 0.857. The Labute approximate surface area is 332 Å². The van der Waals surface area contributed by atoms with Crippen LogP contribution in [0.2, 0.25) is 0 Å². The Kier molecular flexibility index (Phi) is 30.8. The molecule has 0 aliphatic carbocycles. The van der Waals surface area contributed by atoms with Gasteiger partial charge in [-0.2, -0.15) is 8.42 Å². The number of unbranched alkanes of at least 4 members (excludes halogenated alkanes) is 21. The highest BCUT2D eigenvalue weighted by atomic mass is 32.2. The van der Waals surface area contributed by atoms with Crippen molar-refractivity contribution in [1.82, 2.24) is 0 Å². The van der Waals surface area contributed by atoms with E-state index in [-0.39, 0.29) is 19.4 Å². The normalized spacial score (nSPS) is 20.8. The third-order valence-electron chi connectivity index (χ3n) is 9.90. The van der Waals surface area contributed by atoms with Crippen molar-refractivity contribution < 1.29 is 56.8 Å². The number of hydrogen-bond donors (Lipinski definition) is 4. The molecule has 1 aliphatic rings. The number of ether oxygens (including phenoxy) is 4. The quantitative estimate of drug-likeness (QED) is 0.0207. The van der Waals surface area contributed by atoms with Crippen molar-refractivity contribution in [3.05, 3.63) is 24.8 Å². The summed E-state index contributed by atoms with van der Waals surface area (Å²) in [6.07, 6.45) is 24.1. The lowest BCUT2D eigenvalue weighted by Gasteiger charge is -2.40. The van der Waals surface area contributed by atoms with Crippen LogP contribution in [0, 0.1) is 0 Å². The monoisotopic (exact) mass is 805 g/mol. The van der Waals surface area contributed by atoms with Gasteiger partial charge < -0.3 is 34.3 Å². The minimum Gasteiger partial charge on any atom is -0.462 e. The number of carbonyl (C=O) groups is 2. The van der Waals surface area contributed by atoms with Gasteiger partial charge in [-0.05, 0) is 51.4 Å². The zero-order valence-corrected chi connectivity index (χ0v) is 34.7. The fourth-order valence-corrected chi connectivity index (χ4v) is 7.22. The van der Waals surface area contributed by atoms with Crippen LogP contribution >= 0.6 is 0 Å². The first-order valence-corrected chi connectivity index (χ1v) is 23.0. The standard InChI is InChI=1S/C42H76O12S/c1-3-5-7-9-11-13-15-17-18-19-21-22-24-26-28-30-37(43)51-32-35(33-52-42-41(47)40(46)39(45)36(54-42)34-55(48,49)50)53-38(44)31-29-27-25-23-20-16-14-12-10-8-6-4-2/h3,12,14,35-36,39-42,45-47H,1,4-11,13,15-34H2,2H3,(H,48,49,50)/b14-12+/t35-,36-,39-,40?,41?,42+/m1/s1. The van der Waals surface area contributed by atoms with Crippen LogP contribution in [0.25, 0.3) is 0 Å². The van der Waals surface area contributed by atoms with E-state index < -0.39 is 71.2 Å². The van der Waals surface area contributed by atoms with Crippen molar-refractivity contribution in [1.29, 1.82) is 0 Å². The van der Waals surface area contributed by atoms with Gasteiger partial charge >= 0.3 is 11.9 Å². The van der Waals surface area contributed by atoms with E-state index in [0.717, 1.165) is 64.2 Å². The molecule has 0 spiro atoms. The molecule has 0 aromatic carbocycles. The summed E-state index contributed by atoms with van der Waals surface area (Å²) in [4.78, 5) is 25.3. The van der Waals surface area contributed by atoms with E-state index in [9.17, 15) is 37.9 Å². The SMILES string of the molecule is C=CCCCCCCCCCCCCCCCC(=O)OC[C@H](CO[C@H]1O[C@H](CS(=O)(=O)O)[C@@H](O)C(O)C1O)OC(=O)CCCCCCC/C=C/CCCCC. The molecule has 2 unspecified atom stereocenters. The number of aliphatic hydroxyl groups is 3. The summed E-state index contributed by atoms with van der Waals surface area (Å²) in [5, 5.41) is 30.8. The lowest BCUT2D eigenvalue weighted by molar-refractivity contribution is -0.297. The molecule has 4 N–H and O–H groups in total. The average Bonchev–Trinajstić information content (AvgIpc) is 3.14. The molecule has 13 heteroatoms. The number of hydrogen-bond acceptors (Lipinski definition) is 11. The van der Waals surface area contributed by atoms with Crippen molar-refractivity contribution in [2.24, 2.45) is 0 Å². The van der Waals surface area contributed by atoms with Gasteiger partial charge in [0.1, 0.15) is 36.8 Å². The van der Waals surface area contributed by atoms with Gasteiger partial charge in [-0.15, -0.1) is 6.58 Å². The second kappa shape index (κ2) is 33.1. The summed E-state index contributed by atoms with van der Waals surface area (Å²) in [6.45, 7) is 5.24. The molecule has 1 fully saturated rings. The average molecular weight is 805 g/mol. The summed E-state index contributed by atoms with van der Waals surface area (Å²) < 4.78 is 53.9. The van der Waals surface area contributed by atoms with Gasteiger partial charge in [-0.3, -0.25) is 14.1 Å². The minimum atomic E-state index is -4.60. The Morgan fingerprint density at radius 1 is 0.655 bits per heavy atom. The van der Waals surface area contributed by atoms with Gasteiger partial charge in [0, 0.05) is 12.8 Å². The highest BCUT2D eigenvalue weighted by Crippen LogP contribution is 2.24. The van der Waals surface area contributed by atoms with Crippen molar-refractivity contribution in [3.8, 4) is 0 Å². The van der Waals surface area contributed by atoms with E-state index in [4.69, 9.17) is 18.9 Å². The summed E-state index contributed by atoms with van der Waals surface area (Å²) in [5.41, 5.74) is 0. The zero-order chi connectivity index (χ0) is 40.6. The lowest BCUT2D eigenvalue weighted by Crippen LogP contribution is -2.60. The number of rotatable bonds is 36. The highest BCUT2D eigenvalue weighted by molar-refractivity contribution is 7.85. The summed E-state index contributed by atoms with van der Waals surface area (Å²) >= 11 is 0. The highest BCUT2D eigenvalue weighted by Gasteiger charge is 2.46. The first-order chi connectivity index (χ1) is 26.5. The Morgan fingerprint density at radius 2 is 1.13 bits per heavy atom. The summed E-state index contributed by atoms with van der Waals surface area (Å²) in [5.74, 6) is -1.99. The van der Waals surface area contributed by atoms with Crippen LogP contribution in [-0.4, -0.2) is 96.0 Å². The van der Waals surface area contributed by atoms with Crippen LogP contribution in [0.1, 0.15) is 174 Å². The molecule has 6 atom stereocenters. The molecule has 1 rings (SSSR count). The molecule has 1 saturated heterocycles. The fourth-order valence-electron chi connectivity index (χ4n) is 6.53. The predicted molar refractivity (Wildman–Crippen MR) is 215 cm³/mol. The van der Waals surface area contributed by atoms with E-state index in [1.165, 1.54) is 77.0 Å². The smallest absolute Gasteiger partial charge is 0.306 e. The van der Waals surface area contributed by atoms with Gasteiger partial charge in [0.05, 0.1) is 6.61 Å². The predicted octanol–water partition coefficient (Wildman–Crippen LogP) is 8.06. The lowest BCUT2D eigenvalue weighted by atomic mass is 10.00. The first kappa shape index (κ1) is 51.1. The van der Waals surface area contributed by atoms with Crippen LogP contribution in [-0.2, 0) is 38.7 Å². The maximum absolute atomic E-state index is 12.8. The zero-order valence-electron chi connectivity index (χ0n) is 33.9. The van der Waals surface area contributed by atoms with E-state index in [0.29, 0.717) is 12.8 Å².